The molecule has 21 heavy (non-hydrogen) atoms. The van der Waals surface area contributed by atoms with Crippen molar-refractivity contribution in [3.05, 3.63) is 41.9 Å². The third-order valence-corrected chi connectivity index (χ3v) is 3.51. The van der Waals surface area contributed by atoms with E-state index < -0.39 is 0 Å². The highest BCUT2D eigenvalue weighted by Gasteiger charge is 2.17. The van der Waals surface area contributed by atoms with Gasteiger partial charge in [-0.1, -0.05) is 25.3 Å². The molecule has 0 heterocycles. The molecule has 1 aromatic carbocycles. The second-order valence-corrected chi connectivity index (χ2v) is 5.13. The lowest BCUT2D eigenvalue weighted by Crippen LogP contribution is -2.37. The summed E-state index contributed by atoms with van der Waals surface area (Å²) in [7, 11) is 0. The van der Waals surface area contributed by atoms with Crippen LogP contribution in [0.2, 0.25) is 0 Å². The summed E-state index contributed by atoms with van der Waals surface area (Å²) in [6.07, 6.45) is 6.65. The quantitative estimate of drug-likeness (QED) is 0.660. The Hall–Kier alpha value is -2.35. The molecule has 0 bridgehead atoms. The summed E-state index contributed by atoms with van der Waals surface area (Å²) < 4.78 is 13.0. The fourth-order valence-electron chi connectivity index (χ4n) is 2.39. The lowest BCUT2D eigenvalue weighted by atomic mass is 9.95. The van der Waals surface area contributed by atoms with Gasteiger partial charge in [-0.25, -0.2) is 4.39 Å². The summed E-state index contributed by atoms with van der Waals surface area (Å²) in [6.45, 7) is 0. The van der Waals surface area contributed by atoms with E-state index in [9.17, 15) is 9.18 Å². The minimum absolute atomic E-state index is 0.00941. The van der Waals surface area contributed by atoms with E-state index in [1.807, 2.05) is 6.07 Å². The van der Waals surface area contributed by atoms with Crippen LogP contribution in [0.3, 0.4) is 0 Å². The number of nitrogens with zero attached hydrogens (tertiary/aromatic N) is 1. The van der Waals surface area contributed by atoms with Crippen LogP contribution >= 0.6 is 0 Å². The number of hydrogen-bond donors (Lipinski definition) is 2. The topological polar surface area (TPSA) is 64.9 Å². The highest BCUT2D eigenvalue weighted by Crippen LogP contribution is 2.17. The fraction of sp³-hybridized carbons (Fsp3) is 0.375. The van der Waals surface area contributed by atoms with Gasteiger partial charge in [0.1, 0.15) is 17.5 Å². The van der Waals surface area contributed by atoms with E-state index >= 15 is 0 Å². The summed E-state index contributed by atoms with van der Waals surface area (Å²) in [6, 6.07) is 7.86. The number of carbonyl (C=O) groups is 1. The molecule has 110 valence electrons. The predicted molar refractivity (Wildman–Crippen MR) is 78.7 cm³/mol. The van der Waals surface area contributed by atoms with Gasteiger partial charge in [-0.2, -0.15) is 5.26 Å². The van der Waals surface area contributed by atoms with Crippen molar-refractivity contribution >= 4 is 11.6 Å². The zero-order valence-electron chi connectivity index (χ0n) is 11.7. The number of benzene rings is 1. The van der Waals surface area contributed by atoms with Crippen LogP contribution in [-0.2, 0) is 4.79 Å². The monoisotopic (exact) mass is 287 g/mol. The van der Waals surface area contributed by atoms with Gasteiger partial charge >= 0.3 is 0 Å². The first-order valence-electron chi connectivity index (χ1n) is 7.12. The van der Waals surface area contributed by atoms with Gasteiger partial charge in [-0.3, -0.25) is 4.79 Å². The second-order valence-electron chi connectivity index (χ2n) is 5.13. The molecule has 1 aromatic rings. The Labute approximate surface area is 123 Å². The van der Waals surface area contributed by atoms with Gasteiger partial charge in [-0.05, 0) is 31.0 Å². The van der Waals surface area contributed by atoms with Crippen LogP contribution in [-0.4, -0.2) is 11.9 Å². The number of rotatable bonds is 4. The van der Waals surface area contributed by atoms with E-state index in [0.29, 0.717) is 5.69 Å². The zero-order valence-corrected chi connectivity index (χ0v) is 11.7. The molecule has 0 aromatic heterocycles. The van der Waals surface area contributed by atoms with Gasteiger partial charge in [0.25, 0.3) is 5.91 Å². The third-order valence-electron chi connectivity index (χ3n) is 3.51. The number of amides is 1. The number of nitrogens with one attached hydrogen (secondary N) is 2. The van der Waals surface area contributed by atoms with Gasteiger partial charge in [0.05, 0.1) is 0 Å². The summed E-state index contributed by atoms with van der Waals surface area (Å²) in [5.41, 5.74) is 0.484. The van der Waals surface area contributed by atoms with Crippen LogP contribution < -0.4 is 10.6 Å². The third kappa shape index (κ3) is 4.60. The Morgan fingerprint density at radius 2 is 2.10 bits per heavy atom. The molecule has 0 aliphatic heterocycles. The number of hydrogen-bond acceptors (Lipinski definition) is 3. The maximum absolute atomic E-state index is 13.0. The van der Waals surface area contributed by atoms with Crippen molar-refractivity contribution in [2.45, 2.75) is 38.1 Å². The van der Waals surface area contributed by atoms with Crippen LogP contribution in [0.5, 0.6) is 0 Å². The lowest BCUT2D eigenvalue weighted by Gasteiger charge is -2.22. The Morgan fingerprint density at radius 1 is 1.33 bits per heavy atom. The highest BCUT2D eigenvalue weighted by atomic mass is 19.1. The van der Waals surface area contributed by atoms with Crippen molar-refractivity contribution in [3.63, 3.8) is 0 Å². The molecule has 1 fully saturated rings. The number of anilines is 1. The summed E-state index contributed by atoms with van der Waals surface area (Å²) in [4.78, 5) is 12.0. The molecule has 0 radical (unpaired) electrons. The van der Waals surface area contributed by atoms with Crippen molar-refractivity contribution in [2.24, 2.45) is 0 Å². The van der Waals surface area contributed by atoms with Crippen molar-refractivity contribution in [1.29, 1.82) is 5.26 Å². The van der Waals surface area contributed by atoms with E-state index in [-0.39, 0.29) is 23.3 Å². The van der Waals surface area contributed by atoms with E-state index in [1.165, 1.54) is 24.8 Å². The first-order valence-corrected chi connectivity index (χ1v) is 7.12. The summed E-state index contributed by atoms with van der Waals surface area (Å²) >= 11 is 0. The summed E-state index contributed by atoms with van der Waals surface area (Å²) in [5.74, 6) is -0.758. The van der Waals surface area contributed by atoms with Gasteiger partial charge in [-0.15, -0.1) is 0 Å². The fourth-order valence-corrected chi connectivity index (χ4v) is 2.39. The molecular formula is C16H18FN3O. The summed E-state index contributed by atoms with van der Waals surface area (Å²) in [5, 5.41) is 14.7. The van der Waals surface area contributed by atoms with Crippen LogP contribution in [0.15, 0.2) is 36.0 Å². The smallest absolute Gasteiger partial charge is 0.263 e. The van der Waals surface area contributed by atoms with Crippen molar-refractivity contribution in [3.8, 4) is 6.07 Å². The van der Waals surface area contributed by atoms with Crippen LogP contribution in [0.25, 0.3) is 0 Å². The van der Waals surface area contributed by atoms with Crippen LogP contribution in [0, 0.1) is 17.1 Å². The lowest BCUT2D eigenvalue weighted by molar-refractivity contribution is -0.118. The molecule has 0 unspecified atom stereocenters. The van der Waals surface area contributed by atoms with Crippen molar-refractivity contribution in [1.82, 2.24) is 5.32 Å². The Bertz CT molecular complexity index is 571. The molecule has 1 amide bonds. The van der Waals surface area contributed by atoms with Crippen LogP contribution in [0.1, 0.15) is 32.1 Å². The average Bonchev–Trinajstić information content (AvgIpc) is 2.49. The molecule has 1 aliphatic rings. The Kier molecular flexibility index (Phi) is 5.33. The molecular weight excluding hydrogens is 269 g/mol. The van der Waals surface area contributed by atoms with Crippen molar-refractivity contribution < 1.29 is 9.18 Å². The van der Waals surface area contributed by atoms with E-state index in [2.05, 4.69) is 10.6 Å². The first kappa shape index (κ1) is 15.0. The van der Waals surface area contributed by atoms with Gasteiger partial charge in [0, 0.05) is 17.9 Å². The minimum Gasteiger partial charge on any atom is -0.360 e. The highest BCUT2D eigenvalue weighted by molar-refractivity contribution is 5.97. The first-order chi connectivity index (χ1) is 10.2. The van der Waals surface area contributed by atoms with Gasteiger partial charge in [0.2, 0.25) is 0 Å². The van der Waals surface area contributed by atoms with Crippen LogP contribution in [0.4, 0.5) is 10.1 Å². The minimum atomic E-state index is -0.381. The van der Waals surface area contributed by atoms with Gasteiger partial charge in [0.15, 0.2) is 0 Å². The predicted octanol–water partition coefficient (Wildman–Crippen LogP) is 3.09. The molecule has 5 heteroatoms. The largest absolute Gasteiger partial charge is 0.360 e. The van der Waals surface area contributed by atoms with Crippen molar-refractivity contribution in [2.75, 3.05) is 5.32 Å². The second kappa shape index (κ2) is 7.44. The molecule has 0 atom stereocenters. The number of nitriles is 1. The molecule has 2 rings (SSSR count). The number of halogens is 1. The average molecular weight is 287 g/mol. The zero-order chi connectivity index (χ0) is 15.1. The van der Waals surface area contributed by atoms with Gasteiger partial charge < -0.3 is 10.6 Å². The standard InChI is InChI=1S/C16H18FN3O/c17-13-5-4-8-15(9-13)19-11-12(10-18)16(21)20-14-6-2-1-3-7-14/h4-5,8-9,11,14,19H,1-3,6-7H2,(H,20,21)/b12-11-. The SMILES string of the molecule is N#C/C(=C/Nc1cccc(F)c1)C(=O)NC1CCCCC1. The maximum atomic E-state index is 13.0. The molecule has 4 nitrogen and oxygen atoms in total. The molecule has 1 saturated carbocycles. The Balaban J connectivity index is 1.96. The number of carbonyl (C=O) groups excluding carboxylic acids is 1. The molecule has 2 N–H and O–H groups in total. The Morgan fingerprint density at radius 3 is 2.76 bits per heavy atom. The molecule has 1 aliphatic carbocycles. The van der Waals surface area contributed by atoms with E-state index in [4.69, 9.17) is 5.26 Å². The molecule has 0 spiro atoms. The molecule has 0 saturated heterocycles. The van der Waals surface area contributed by atoms with E-state index in [1.54, 1.807) is 12.1 Å². The maximum Gasteiger partial charge on any atom is 0.263 e. The van der Waals surface area contributed by atoms with E-state index in [0.717, 1.165) is 25.7 Å². The normalized spacial score (nSPS) is 16.1.